The molecule has 1 aliphatic rings. The van der Waals surface area contributed by atoms with Crippen LogP contribution in [0.3, 0.4) is 0 Å². The van der Waals surface area contributed by atoms with Gasteiger partial charge in [0.25, 0.3) is 0 Å². The molecule has 2 N–H and O–H groups in total. The first-order valence-corrected chi connectivity index (χ1v) is 5.89. The van der Waals surface area contributed by atoms with Crippen molar-refractivity contribution in [2.75, 3.05) is 0 Å². The predicted molar refractivity (Wildman–Crippen MR) is 69.1 cm³/mol. The highest BCUT2D eigenvalue weighted by molar-refractivity contribution is 6.37. The van der Waals surface area contributed by atoms with Gasteiger partial charge in [-0.2, -0.15) is 0 Å². The average Bonchev–Trinajstić information content (AvgIpc) is 3.05. The predicted octanol–water partition coefficient (Wildman–Crippen LogP) is 3.94. The molecule has 1 saturated carbocycles. The fourth-order valence-electron chi connectivity index (χ4n) is 1.37. The minimum absolute atomic E-state index is 0.423. The summed E-state index contributed by atoms with van der Waals surface area (Å²) in [5.41, 5.74) is 0.780. The van der Waals surface area contributed by atoms with Crippen LogP contribution in [0.25, 0.3) is 6.08 Å². The molecule has 16 heavy (non-hydrogen) atoms. The summed E-state index contributed by atoms with van der Waals surface area (Å²) >= 11 is 12.0. The molecule has 0 heterocycles. The Hall–Kier alpha value is -0.990. The summed E-state index contributed by atoms with van der Waals surface area (Å²) in [5.74, 6) is 0.991. The van der Waals surface area contributed by atoms with Crippen molar-refractivity contribution in [2.45, 2.75) is 12.8 Å². The van der Waals surface area contributed by atoms with Gasteiger partial charge in [0.2, 0.25) is 0 Å². The largest absolute Gasteiger partial charge is 0.350 e. The van der Waals surface area contributed by atoms with Gasteiger partial charge in [0, 0.05) is 27.7 Å². The van der Waals surface area contributed by atoms with E-state index in [0.717, 1.165) is 18.4 Å². The molecule has 1 aromatic rings. The summed E-state index contributed by atoms with van der Waals surface area (Å²) in [7, 11) is 0. The molecule has 0 bridgehead atoms. The van der Waals surface area contributed by atoms with E-state index in [1.807, 2.05) is 6.07 Å². The lowest BCUT2D eigenvalue weighted by Crippen LogP contribution is -2.17. The zero-order chi connectivity index (χ0) is 11.5. The number of rotatable bonds is 3. The molecule has 0 atom stereocenters. The molecule has 0 saturated heterocycles. The molecule has 0 radical (unpaired) electrons. The van der Waals surface area contributed by atoms with Crippen molar-refractivity contribution in [3.05, 3.63) is 40.0 Å². The molecule has 2 nitrogen and oxygen atoms in total. The van der Waals surface area contributed by atoms with Gasteiger partial charge in [-0.25, -0.2) is 0 Å². The normalized spacial score (nSPS) is 15.4. The molecule has 2 rings (SSSR count). The summed E-state index contributed by atoms with van der Waals surface area (Å²) in [4.78, 5) is 0. The van der Waals surface area contributed by atoms with E-state index in [4.69, 9.17) is 28.6 Å². The van der Waals surface area contributed by atoms with Crippen LogP contribution in [-0.2, 0) is 0 Å². The van der Waals surface area contributed by atoms with Crippen LogP contribution < -0.4 is 5.32 Å². The van der Waals surface area contributed by atoms with Crippen LogP contribution in [0.15, 0.2) is 24.4 Å². The molecule has 0 spiro atoms. The minimum Gasteiger partial charge on any atom is -0.350 e. The van der Waals surface area contributed by atoms with Crippen molar-refractivity contribution < 1.29 is 0 Å². The number of nitrogens with one attached hydrogen (secondary N) is 2. The second-order valence-electron chi connectivity index (χ2n) is 3.80. The van der Waals surface area contributed by atoms with Gasteiger partial charge < -0.3 is 5.32 Å². The molecule has 0 aromatic heterocycles. The summed E-state index contributed by atoms with van der Waals surface area (Å²) in [6.07, 6.45) is 5.74. The van der Waals surface area contributed by atoms with E-state index in [-0.39, 0.29) is 0 Å². The third kappa shape index (κ3) is 2.77. The highest BCUT2D eigenvalue weighted by atomic mass is 35.5. The summed E-state index contributed by atoms with van der Waals surface area (Å²) in [6, 6.07) is 5.39. The first-order chi connectivity index (χ1) is 7.68. The van der Waals surface area contributed by atoms with Gasteiger partial charge in [-0.15, -0.1) is 0 Å². The molecule has 84 valence electrons. The maximum atomic E-state index is 7.65. The van der Waals surface area contributed by atoms with Crippen molar-refractivity contribution in [2.24, 2.45) is 5.92 Å². The van der Waals surface area contributed by atoms with Gasteiger partial charge in [-0.3, -0.25) is 5.41 Å². The van der Waals surface area contributed by atoms with Gasteiger partial charge in [0.1, 0.15) is 5.84 Å². The maximum Gasteiger partial charge on any atom is 0.100 e. The third-order valence-corrected chi connectivity index (χ3v) is 3.13. The zero-order valence-electron chi connectivity index (χ0n) is 8.63. The van der Waals surface area contributed by atoms with Crippen LogP contribution in [-0.4, -0.2) is 5.84 Å². The van der Waals surface area contributed by atoms with Gasteiger partial charge in [-0.1, -0.05) is 29.3 Å². The van der Waals surface area contributed by atoms with E-state index in [1.54, 1.807) is 24.4 Å². The molecular weight excluding hydrogens is 243 g/mol. The molecule has 0 amide bonds. The Kier molecular flexibility index (Phi) is 3.52. The van der Waals surface area contributed by atoms with E-state index in [9.17, 15) is 0 Å². The summed E-state index contributed by atoms with van der Waals surface area (Å²) in [5, 5.41) is 11.8. The fourth-order valence-corrected chi connectivity index (χ4v) is 1.90. The summed E-state index contributed by atoms with van der Waals surface area (Å²) < 4.78 is 0. The van der Waals surface area contributed by atoms with Gasteiger partial charge in [-0.05, 0) is 31.1 Å². The molecule has 0 unspecified atom stereocenters. The van der Waals surface area contributed by atoms with Gasteiger partial charge >= 0.3 is 0 Å². The Morgan fingerprint density at radius 1 is 1.31 bits per heavy atom. The fraction of sp³-hybridized carbons (Fsp3) is 0.250. The first kappa shape index (κ1) is 11.5. The Morgan fingerprint density at radius 2 is 1.94 bits per heavy atom. The lowest BCUT2D eigenvalue weighted by molar-refractivity contribution is 1.05. The lowest BCUT2D eigenvalue weighted by Gasteiger charge is -2.02. The molecular formula is C12H12Cl2N2. The van der Waals surface area contributed by atoms with Crippen LogP contribution in [0.5, 0.6) is 0 Å². The highest BCUT2D eigenvalue weighted by Crippen LogP contribution is 2.29. The topological polar surface area (TPSA) is 35.9 Å². The maximum absolute atomic E-state index is 7.65. The highest BCUT2D eigenvalue weighted by Gasteiger charge is 2.25. The van der Waals surface area contributed by atoms with Crippen LogP contribution in [0, 0.1) is 11.3 Å². The van der Waals surface area contributed by atoms with Crippen molar-refractivity contribution in [3.63, 3.8) is 0 Å². The monoisotopic (exact) mass is 254 g/mol. The van der Waals surface area contributed by atoms with Crippen molar-refractivity contribution in [1.82, 2.24) is 5.32 Å². The summed E-state index contributed by atoms with van der Waals surface area (Å²) in [6.45, 7) is 0. The standard InChI is InChI=1S/C12H12Cl2N2/c13-10-2-1-3-11(14)9(10)6-7-16-12(15)8-4-5-8/h1-3,6-8H,4-5H2,(H2,15,16). The molecule has 1 aliphatic carbocycles. The van der Waals surface area contributed by atoms with Crippen LogP contribution in [0.1, 0.15) is 18.4 Å². The van der Waals surface area contributed by atoms with Crippen molar-refractivity contribution in [1.29, 1.82) is 5.41 Å². The Balaban J connectivity index is 2.02. The second-order valence-corrected chi connectivity index (χ2v) is 4.62. The van der Waals surface area contributed by atoms with Gasteiger partial charge in [0.15, 0.2) is 0 Å². The SMILES string of the molecule is N=C(NC=Cc1c(Cl)cccc1Cl)C1CC1. The molecule has 4 heteroatoms. The number of amidine groups is 1. The third-order valence-electron chi connectivity index (χ3n) is 2.47. The Morgan fingerprint density at radius 3 is 2.50 bits per heavy atom. The zero-order valence-corrected chi connectivity index (χ0v) is 10.1. The lowest BCUT2D eigenvalue weighted by atomic mass is 10.2. The smallest absolute Gasteiger partial charge is 0.100 e. The number of hydrogen-bond donors (Lipinski definition) is 2. The van der Waals surface area contributed by atoms with Crippen LogP contribution >= 0.6 is 23.2 Å². The van der Waals surface area contributed by atoms with E-state index in [1.165, 1.54) is 0 Å². The van der Waals surface area contributed by atoms with E-state index >= 15 is 0 Å². The van der Waals surface area contributed by atoms with Gasteiger partial charge in [0.05, 0.1) is 0 Å². The second kappa shape index (κ2) is 4.89. The van der Waals surface area contributed by atoms with E-state index in [2.05, 4.69) is 5.32 Å². The van der Waals surface area contributed by atoms with E-state index < -0.39 is 0 Å². The Labute approximate surface area is 105 Å². The number of halogens is 2. The van der Waals surface area contributed by atoms with Crippen LogP contribution in [0.2, 0.25) is 10.0 Å². The molecule has 0 aliphatic heterocycles. The first-order valence-electron chi connectivity index (χ1n) is 5.14. The van der Waals surface area contributed by atoms with E-state index in [0.29, 0.717) is 21.8 Å². The van der Waals surface area contributed by atoms with Crippen LogP contribution in [0.4, 0.5) is 0 Å². The number of hydrogen-bond acceptors (Lipinski definition) is 1. The molecule has 1 fully saturated rings. The Bertz CT molecular complexity index is 416. The average molecular weight is 255 g/mol. The quantitative estimate of drug-likeness (QED) is 0.622. The van der Waals surface area contributed by atoms with Crippen molar-refractivity contribution in [3.8, 4) is 0 Å². The minimum atomic E-state index is 0.423. The van der Waals surface area contributed by atoms with Crippen molar-refractivity contribution >= 4 is 35.1 Å². The number of benzene rings is 1. The molecule has 1 aromatic carbocycles.